The lowest BCUT2D eigenvalue weighted by molar-refractivity contribution is -0.150. The monoisotopic (exact) mass is 515 g/mol. The molecule has 0 unspecified atom stereocenters. The Hall–Kier alpha value is -3.81. The van der Waals surface area contributed by atoms with Gasteiger partial charge in [-0.3, -0.25) is 14.6 Å². The number of nitrogens with zero attached hydrogens (tertiary/aromatic N) is 2. The number of carbonyl (C=O) groups excluding carboxylic acids is 2. The van der Waals surface area contributed by atoms with Crippen LogP contribution in [0.2, 0.25) is 0 Å². The maximum Gasteiger partial charge on any atom is 0.240 e. The molecule has 0 atom stereocenters. The standard InChI is InChI=1S/C30H33N3O5/c1-36-26-17-23-24(18-27(26)37-2)31-16-13-25(23)38-22-11-9-19(10-12-22)32-28(34)30(14-15-30)29(35)33-20-5-3-6-21(33)8-4-7-20/h9-13,16-18,20-21H,3-8,14-15H2,1-2H3,(H,32,34). The zero-order valence-corrected chi connectivity index (χ0v) is 21.9. The van der Waals surface area contributed by atoms with Crippen molar-refractivity contribution in [2.24, 2.45) is 5.41 Å². The van der Waals surface area contributed by atoms with Gasteiger partial charge in [0.1, 0.15) is 16.9 Å². The van der Waals surface area contributed by atoms with Gasteiger partial charge in [-0.05, 0) is 87.8 Å². The summed E-state index contributed by atoms with van der Waals surface area (Å²) in [5.41, 5.74) is 0.462. The van der Waals surface area contributed by atoms with Crippen molar-refractivity contribution in [3.63, 3.8) is 0 Å². The maximum atomic E-state index is 13.6. The lowest BCUT2D eigenvalue weighted by atomic mass is 9.83. The smallest absolute Gasteiger partial charge is 0.240 e. The van der Waals surface area contributed by atoms with Crippen LogP contribution in [0.4, 0.5) is 5.69 Å². The summed E-state index contributed by atoms with van der Waals surface area (Å²) in [5, 5.41) is 3.79. The molecule has 2 amide bonds. The Kier molecular flexibility index (Phi) is 6.33. The second-order valence-electron chi connectivity index (χ2n) is 10.6. The third-order valence-electron chi connectivity index (χ3n) is 8.31. The van der Waals surface area contributed by atoms with Crippen LogP contribution in [0.15, 0.2) is 48.7 Å². The average Bonchev–Trinajstić information content (AvgIpc) is 3.75. The molecule has 1 aromatic heterocycles. The summed E-state index contributed by atoms with van der Waals surface area (Å²) in [5.74, 6) is 2.28. The van der Waals surface area contributed by atoms with E-state index in [-0.39, 0.29) is 11.8 Å². The molecule has 3 heterocycles. The molecule has 1 N–H and O–H groups in total. The van der Waals surface area contributed by atoms with Crippen molar-refractivity contribution >= 4 is 28.4 Å². The number of hydrogen-bond acceptors (Lipinski definition) is 6. The molecule has 2 bridgehead atoms. The minimum absolute atomic E-state index is 0.0426. The molecule has 0 radical (unpaired) electrons. The van der Waals surface area contributed by atoms with Crippen LogP contribution in [0.5, 0.6) is 23.0 Å². The number of methoxy groups -OCH3 is 2. The number of anilines is 1. The topological polar surface area (TPSA) is 90.0 Å². The quantitative estimate of drug-likeness (QED) is 0.406. The zero-order valence-electron chi connectivity index (χ0n) is 21.9. The first kappa shape index (κ1) is 24.5. The molecule has 3 aromatic rings. The summed E-state index contributed by atoms with van der Waals surface area (Å²) < 4.78 is 17.0. The van der Waals surface area contributed by atoms with Crippen molar-refractivity contribution in [2.45, 2.75) is 63.5 Å². The number of aromatic nitrogens is 1. The largest absolute Gasteiger partial charge is 0.493 e. The molecule has 8 heteroatoms. The second kappa shape index (κ2) is 9.82. The normalized spacial score (nSPS) is 21.5. The first-order valence-electron chi connectivity index (χ1n) is 13.5. The first-order chi connectivity index (χ1) is 18.5. The van der Waals surface area contributed by atoms with Gasteiger partial charge in [-0.2, -0.15) is 0 Å². The van der Waals surface area contributed by atoms with E-state index in [1.54, 1.807) is 50.7 Å². The van der Waals surface area contributed by atoms with Gasteiger partial charge in [0.05, 0.1) is 19.7 Å². The van der Waals surface area contributed by atoms with Gasteiger partial charge < -0.3 is 24.4 Å². The summed E-state index contributed by atoms with van der Waals surface area (Å²) in [6, 6.07) is 13.3. The van der Waals surface area contributed by atoms with Gasteiger partial charge in [0.15, 0.2) is 11.5 Å². The summed E-state index contributed by atoms with van der Waals surface area (Å²) in [6.07, 6.45) is 9.55. The number of benzene rings is 2. The highest BCUT2D eigenvalue weighted by molar-refractivity contribution is 6.13. The molecule has 1 aliphatic carbocycles. The van der Waals surface area contributed by atoms with Crippen LogP contribution in [-0.2, 0) is 9.59 Å². The Morgan fingerprint density at radius 2 is 1.53 bits per heavy atom. The molecule has 3 aliphatic rings. The van der Waals surface area contributed by atoms with Gasteiger partial charge in [0.2, 0.25) is 11.8 Å². The fourth-order valence-corrected chi connectivity index (χ4v) is 6.08. The molecular formula is C30H33N3O5. The van der Waals surface area contributed by atoms with E-state index in [9.17, 15) is 9.59 Å². The van der Waals surface area contributed by atoms with E-state index in [0.29, 0.717) is 53.6 Å². The van der Waals surface area contributed by atoms with Crippen LogP contribution >= 0.6 is 0 Å². The van der Waals surface area contributed by atoms with Crippen LogP contribution in [0, 0.1) is 5.41 Å². The maximum absolute atomic E-state index is 13.6. The average molecular weight is 516 g/mol. The SMILES string of the molecule is COc1cc2nccc(Oc3ccc(NC(=O)C4(C(=O)N5C6CCCC5CCC6)CC4)cc3)c2cc1OC. The highest BCUT2D eigenvalue weighted by Gasteiger charge is 2.60. The van der Waals surface area contributed by atoms with Crippen LogP contribution in [0.25, 0.3) is 10.9 Å². The van der Waals surface area contributed by atoms with Crippen molar-refractivity contribution in [1.82, 2.24) is 9.88 Å². The summed E-state index contributed by atoms with van der Waals surface area (Å²) in [7, 11) is 3.18. The van der Waals surface area contributed by atoms with Crippen molar-refractivity contribution in [3.05, 3.63) is 48.7 Å². The van der Waals surface area contributed by atoms with Crippen LogP contribution < -0.4 is 19.5 Å². The van der Waals surface area contributed by atoms with Gasteiger partial charge in [0, 0.05) is 35.4 Å². The molecule has 2 saturated heterocycles. The van der Waals surface area contributed by atoms with Gasteiger partial charge in [0.25, 0.3) is 0 Å². The predicted octanol–water partition coefficient (Wildman–Crippen LogP) is 5.70. The molecule has 3 fully saturated rings. The van der Waals surface area contributed by atoms with Gasteiger partial charge in [-0.25, -0.2) is 0 Å². The number of amides is 2. The summed E-state index contributed by atoms with van der Waals surface area (Å²) in [6.45, 7) is 0. The predicted molar refractivity (Wildman–Crippen MR) is 144 cm³/mol. The van der Waals surface area contributed by atoms with Crippen molar-refractivity contribution in [3.8, 4) is 23.0 Å². The minimum Gasteiger partial charge on any atom is -0.493 e. The van der Waals surface area contributed by atoms with E-state index in [4.69, 9.17) is 14.2 Å². The third kappa shape index (κ3) is 4.31. The number of nitrogens with one attached hydrogen (secondary N) is 1. The lowest BCUT2D eigenvalue weighted by Crippen LogP contribution is -2.56. The Morgan fingerprint density at radius 3 is 2.13 bits per heavy atom. The van der Waals surface area contributed by atoms with Gasteiger partial charge >= 0.3 is 0 Å². The third-order valence-corrected chi connectivity index (χ3v) is 8.31. The molecule has 0 spiro atoms. The lowest BCUT2D eigenvalue weighted by Gasteiger charge is -2.47. The minimum atomic E-state index is -0.906. The van der Waals surface area contributed by atoms with E-state index < -0.39 is 5.41 Å². The molecule has 2 aliphatic heterocycles. The highest BCUT2D eigenvalue weighted by Crippen LogP contribution is 2.50. The van der Waals surface area contributed by atoms with Crippen LogP contribution in [0.3, 0.4) is 0 Å². The fraction of sp³-hybridized carbons (Fsp3) is 0.433. The van der Waals surface area contributed by atoms with Gasteiger partial charge in [-0.1, -0.05) is 0 Å². The molecular weight excluding hydrogens is 482 g/mol. The molecule has 6 rings (SSSR count). The Morgan fingerprint density at radius 1 is 0.895 bits per heavy atom. The van der Waals surface area contributed by atoms with Crippen molar-refractivity contribution in [1.29, 1.82) is 0 Å². The van der Waals surface area contributed by atoms with Gasteiger partial charge in [-0.15, -0.1) is 0 Å². The fourth-order valence-electron chi connectivity index (χ4n) is 6.08. The van der Waals surface area contributed by atoms with Crippen molar-refractivity contribution in [2.75, 3.05) is 19.5 Å². The van der Waals surface area contributed by atoms with E-state index in [0.717, 1.165) is 36.6 Å². The Labute approximate surface area is 222 Å². The zero-order chi connectivity index (χ0) is 26.3. The van der Waals surface area contributed by atoms with E-state index in [1.807, 2.05) is 12.1 Å². The van der Waals surface area contributed by atoms with Crippen molar-refractivity contribution < 1.29 is 23.8 Å². The van der Waals surface area contributed by atoms with E-state index >= 15 is 0 Å². The number of fused-ring (bicyclic) bond motifs is 3. The van der Waals surface area contributed by atoms with Crippen LogP contribution in [-0.4, -0.2) is 48.0 Å². The summed E-state index contributed by atoms with van der Waals surface area (Å²) >= 11 is 0. The molecule has 1 saturated carbocycles. The summed E-state index contributed by atoms with van der Waals surface area (Å²) in [4.78, 5) is 33.4. The number of ether oxygens (including phenoxy) is 3. The van der Waals surface area contributed by atoms with Crippen LogP contribution in [0.1, 0.15) is 51.4 Å². The number of carbonyl (C=O) groups is 2. The van der Waals surface area contributed by atoms with E-state index in [1.165, 1.54) is 12.8 Å². The number of pyridine rings is 1. The highest BCUT2D eigenvalue weighted by atomic mass is 16.5. The molecule has 8 nitrogen and oxygen atoms in total. The Balaban J connectivity index is 1.16. The Bertz CT molecular complexity index is 1350. The molecule has 38 heavy (non-hydrogen) atoms. The first-order valence-corrected chi connectivity index (χ1v) is 13.5. The molecule has 198 valence electrons. The number of piperidine rings is 2. The second-order valence-corrected chi connectivity index (χ2v) is 10.6. The molecule has 2 aromatic carbocycles. The number of rotatable bonds is 7. The van der Waals surface area contributed by atoms with E-state index in [2.05, 4.69) is 15.2 Å². The number of hydrogen-bond donors (Lipinski definition) is 1.